The summed E-state index contributed by atoms with van der Waals surface area (Å²) in [5, 5.41) is 8.14. The van der Waals surface area contributed by atoms with Crippen LogP contribution in [0, 0.1) is 0 Å². The highest BCUT2D eigenvalue weighted by molar-refractivity contribution is 7.09. The van der Waals surface area contributed by atoms with Gasteiger partial charge in [0.25, 0.3) is 5.56 Å². The zero-order valence-electron chi connectivity index (χ0n) is 15.9. The summed E-state index contributed by atoms with van der Waals surface area (Å²) in [6.07, 6.45) is 0.843. The summed E-state index contributed by atoms with van der Waals surface area (Å²) in [4.78, 5) is 30.1. The molecule has 2 aromatic heterocycles. The predicted octanol–water partition coefficient (Wildman–Crippen LogP) is 3.82. The van der Waals surface area contributed by atoms with Crippen LogP contribution >= 0.6 is 11.3 Å². The number of aromatic nitrogens is 3. The van der Waals surface area contributed by atoms with E-state index in [0.717, 1.165) is 17.0 Å². The number of thiazole rings is 1. The number of fused-ring (bicyclic) bond motifs is 1. The number of hydrogen-bond acceptors (Lipinski definition) is 6. The van der Waals surface area contributed by atoms with Gasteiger partial charge in [0, 0.05) is 10.8 Å². The quantitative estimate of drug-likeness (QED) is 0.456. The number of carbonyl (C=O) groups is 1. The molecule has 29 heavy (non-hydrogen) atoms. The van der Waals surface area contributed by atoms with Crippen molar-refractivity contribution in [1.29, 1.82) is 0 Å². The van der Waals surface area contributed by atoms with E-state index >= 15 is 0 Å². The van der Waals surface area contributed by atoms with Gasteiger partial charge in [-0.15, -0.1) is 11.3 Å². The number of ether oxygens (including phenoxy) is 1. The lowest BCUT2D eigenvalue weighted by Crippen LogP contribution is -2.27. The molecule has 0 amide bonds. The molecule has 6 nitrogen and oxygen atoms in total. The molecule has 0 spiro atoms. The molecular weight excluding hydrogens is 386 g/mol. The van der Waals surface area contributed by atoms with Crippen LogP contribution in [0.15, 0.2) is 64.8 Å². The summed E-state index contributed by atoms with van der Waals surface area (Å²) in [5.74, 6) is -0.575. The van der Waals surface area contributed by atoms with Crippen molar-refractivity contribution in [3.05, 3.63) is 92.3 Å². The van der Waals surface area contributed by atoms with Crippen molar-refractivity contribution < 1.29 is 9.53 Å². The second-order valence-electron chi connectivity index (χ2n) is 6.50. The maximum absolute atomic E-state index is 12.9. The van der Waals surface area contributed by atoms with Crippen molar-refractivity contribution in [2.75, 3.05) is 0 Å². The maximum Gasteiger partial charge on any atom is 0.359 e. The minimum absolute atomic E-state index is 0.0726. The Bertz CT molecular complexity index is 1210. The highest BCUT2D eigenvalue weighted by Crippen LogP contribution is 2.16. The van der Waals surface area contributed by atoms with Gasteiger partial charge in [-0.05, 0) is 18.1 Å². The lowest BCUT2D eigenvalue weighted by atomic mass is 10.1. The number of hydrogen-bond donors (Lipinski definition) is 0. The number of aryl methyl sites for hydroxylation is 1. The first-order valence-corrected chi connectivity index (χ1v) is 10.2. The van der Waals surface area contributed by atoms with Crippen LogP contribution in [0.25, 0.3) is 10.8 Å². The van der Waals surface area contributed by atoms with Crippen LogP contribution in [0.1, 0.15) is 33.7 Å². The molecule has 4 aromatic rings. The van der Waals surface area contributed by atoms with Gasteiger partial charge in [0.15, 0.2) is 5.69 Å². The Morgan fingerprint density at radius 2 is 1.79 bits per heavy atom. The number of carbonyl (C=O) groups excluding carboxylic acids is 1. The molecule has 0 N–H and O–H groups in total. The van der Waals surface area contributed by atoms with Gasteiger partial charge in [0.05, 0.1) is 22.6 Å². The van der Waals surface area contributed by atoms with Crippen LogP contribution in [-0.4, -0.2) is 20.7 Å². The molecule has 0 saturated heterocycles. The second-order valence-corrected chi connectivity index (χ2v) is 7.45. The Hall–Kier alpha value is -3.32. The van der Waals surface area contributed by atoms with Crippen LogP contribution in [0.2, 0.25) is 0 Å². The van der Waals surface area contributed by atoms with Gasteiger partial charge in [0.1, 0.15) is 6.61 Å². The van der Waals surface area contributed by atoms with Crippen molar-refractivity contribution in [1.82, 2.24) is 14.8 Å². The Morgan fingerprint density at radius 1 is 1.07 bits per heavy atom. The van der Waals surface area contributed by atoms with Crippen molar-refractivity contribution in [2.45, 2.75) is 26.5 Å². The van der Waals surface area contributed by atoms with E-state index in [0.29, 0.717) is 16.5 Å². The van der Waals surface area contributed by atoms with Crippen LogP contribution in [0.3, 0.4) is 0 Å². The minimum Gasteiger partial charge on any atom is -0.454 e. The van der Waals surface area contributed by atoms with Crippen LogP contribution in [-0.2, 0) is 24.3 Å². The molecule has 0 fully saturated rings. The summed E-state index contributed by atoms with van der Waals surface area (Å²) < 4.78 is 6.76. The maximum atomic E-state index is 12.9. The van der Waals surface area contributed by atoms with Gasteiger partial charge in [-0.3, -0.25) is 4.79 Å². The standard InChI is InChI=1S/C22H19N3O3S/c1-2-19-23-16(14-29-19)13-28-22(27)20-17-10-6-7-11-18(17)21(26)25(24-20)12-15-8-4-3-5-9-15/h3-11,14H,2,12-13H2,1H3. The van der Waals surface area contributed by atoms with E-state index < -0.39 is 5.97 Å². The lowest BCUT2D eigenvalue weighted by Gasteiger charge is -2.11. The summed E-state index contributed by atoms with van der Waals surface area (Å²) in [5.41, 5.74) is 1.52. The van der Waals surface area contributed by atoms with Gasteiger partial charge >= 0.3 is 5.97 Å². The minimum atomic E-state index is -0.575. The van der Waals surface area contributed by atoms with E-state index in [-0.39, 0.29) is 24.4 Å². The van der Waals surface area contributed by atoms with Crippen molar-refractivity contribution in [3.8, 4) is 0 Å². The normalized spacial score (nSPS) is 10.9. The molecule has 7 heteroatoms. The molecule has 0 unspecified atom stereocenters. The average Bonchev–Trinajstić information content (AvgIpc) is 3.23. The fraction of sp³-hybridized carbons (Fsp3) is 0.182. The number of esters is 1. The van der Waals surface area contributed by atoms with E-state index in [1.807, 2.05) is 42.6 Å². The topological polar surface area (TPSA) is 74.1 Å². The molecule has 0 radical (unpaired) electrons. The van der Waals surface area contributed by atoms with E-state index in [1.165, 1.54) is 4.68 Å². The number of rotatable bonds is 6. The van der Waals surface area contributed by atoms with E-state index in [1.54, 1.807) is 35.6 Å². The van der Waals surface area contributed by atoms with Gasteiger partial charge in [0.2, 0.25) is 0 Å². The van der Waals surface area contributed by atoms with Crippen molar-refractivity contribution in [2.24, 2.45) is 0 Å². The fourth-order valence-corrected chi connectivity index (χ4v) is 3.76. The van der Waals surface area contributed by atoms with E-state index in [2.05, 4.69) is 10.1 Å². The summed E-state index contributed by atoms with van der Waals surface area (Å²) >= 11 is 1.54. The Kier molecular flexibility index (Phi) is 5.48. The molecule has 0 saturated carbocycles. The van der Waals surface area contributed by atoms with Crippen LogP contribution < -0.4 is 5.56 Å². The zero-order chi connectivity index (χ0) is 20.2. The summed E-state index contributed by atoms with van der Waals surface area (Å²) in [7, 11) is 0. The average molecular weight is 405 g/mol. The molecule has 0 aliphatic carbocycles. The number of nitrogens with zero attached hydrogens (tertiary/aromatic N) is 3. The van der Waals surface area contributed by atoms with E-state index in [9.17, 15) is 9.59 Å². The molecule has 4 rings (SSSR count). The van der Waals surface area contributed by atoms with Crippen molar-refractivity contribution in [3.63, 3.8) is 0 Å². The monoisotopic (exact) mass is 405 g/mol. The largest absolute Gasteiger partial charge is 0.454 e. The van der Waals surface area contributed by atoms with Crippen molar-refractivity contribution >= 4 is 28.1 Å². The third-order valence-electron chi connectivity index (χ3n) is 4.49. The molecule has 0 atom stereocenters. The van der Waals surface area contributed by atoms with Gasteiger partial charge in [-0.2, -0.15) is 5.10 Å². The zero-order valence-corrected chi connectivity index (χ0v) is 16.7. The predicted molar refractivity (Wildman–Crippen MR) is 112 cm³/mol. The molecule has 0 aliphatic heterocycles. The van der Waals surface area contributed by atoms with Gasteiger partial charge in [-0.25, -0.2) is 14.5 Å². The number of benzene rings is 2. The molecular formula is C22H19N3O3S. The first-order chi connectivity index (χ1) is 14.2. The SMILES string of the molecule is CCc1nc(COC(=O)c2nn(Cc3ccccc3)c(=O)c3ccccc23)cs1. The first kappa shape index (κ1) is 19.0. The summed E-state index contributed by atoms with van der Waals surface area (Å²) in [6.45, 7) is 2.38. The molecule has 0 aliphatic rings. The Labute approximate surface area is 171 Å². The second kappa shape index (κ2) is 8.36. The Morgan fingerprint density at radius 3 is 2.52 bits per heavy atom. The highest BCUT2D eigenvalue weighted by atomic mass is 32.1. The molecule has 0 bridgehead atoms. The molecule has 2 heterocycles. The van der Waals surface area contributed by atoms with Gasteiger partial charge in [-0.1, -0.05) is 55.5 Å². The highest BCUT2D eigenvalue weighted by Gasteiger charge is 2.18. The van der Waals surface area contributed by atoms with E-state index in [4.69, 9.17) is 4.74 Å². The van der Waals surface area contributed by atoms with Crippen LogP contribution in [0.4, 0.5) is 0 Å². The molecule has 146 valence electrons. The smallest absolute Gasteiger partial charge is 0.359 e. The third-order valence-corrected chi connectivity index (χ3v) is 5.53. The molecule has 2 aromatic carbocycles. The summed E-state index contributed by atoms with van der Waals surface area (Å²) in [6, 6.07) is 16.5. The Balaban J connectivity index is 1.67. The first-order valence-electron chi connectivity index (χ1n) is 9.30. The fourth-order valence-electron chi connectivity index (χ4n) is 3.03. The lowest BCUT2D eigenvalue weighted by molar-refractivity contribution is 0.0461. The third kappa shape index (κ3) is 4.09. The van der Waals surface area contributed by atoms with Crippen LogP contribution in [0.5, 0.6) is 0 Å². The van der Waals surface area contributed by atoms with Gasteiger partial charge < -0.3 is 4.74 Å².